The molecule has 3 atom stereocenters. The van der Waals surface area contributed by atoms with Gasteiger partial charge in [0.05, 0.1) is 6.61 Å². The number of fused-ring (bicyclic) bond motifs is 4. The van der Waals surface area contributed by atoms with Crippen molar-refractivity contribution in [2.75, 3.05) is 25.8 Å². The Balaban J connectivity index is 1.14. The third kappa shape index (κ3) is 5.51. The maximum absolute atomic E-state index is 13.5. The topological polar surface area (TPSA) is 81.7 Å². The molecule has 1 aromatic heterocycles. The van der Waals surface area contributed by atoms with Gasteiger partial charge in [0.25, 0.3) is 0 Å². The van der Waals surface area contributed by atoms with E-state index in [2.05, 4.69) is 41.6 Å². The van der Waals surface area contributed by atoms with Gasteiger partial charge < -0.3 is 24.8 Å². The zero-order valence-electron chi connectivity index (χ0n) is 26.6. The molecular weight excluding hydrogens is 586 g/mol. The number of nitrogens with zero attached hydrogens (tertiary/aromatic N) is 1. The number of carbonyl (C=O) groups excluding carboxylic acids is 1. The van der Waals surface area contributed by atoms with Gasteiger partial charge in [-0.2, -0.15) is 0 Å². The molecule has 3 aromatic rings. The van der Waals surface area contributed by atoms with Crippen molar-refractivity contribution in [3.05, 3.63) is 76.1 Å². The molecule has 1 saturated carbocycles. The van der Waals surface area contributed by atoms with Gasteiger partial charge in [0.1, 0.15) is 11.3 Å². The second kappa shape index (κ2) is 12.1. The third-order valence-corrected chi connectivity index (χ3v) is 11.3. The summed E-state index contributed by atoms with van der Waals surface area (Å²) < 4.78 is 18.2. The van der Waals surface area contributed by atoms with E-state index in [1.165, 1.54) is 35.2 Å². The number of ether oxygens (including phenoxy) is 3. The number of nitrogens with one attached hydrogen (secondary N) is 2. The lowest BCUT2D eigenvalue weighted by Gasteiger charge is -2.48. The molecule has 1 fully saturated rings. The highest BCUT2D eigenvalue weighted by Gasteiger charge is 2.54. The van der Waals surface area contributed by atoms with E-state index in [9.17, 15) is 4.79 Å². The lowest BCUT2D eigenvalue weighted by Crippen LogP contribution is -2.56. The number of rotatable bonds is 8. The number of likely N-dealkylation sites (N-methyl/N-ethyl adjacent to an activating group) is 1. The number of carbonyl (C=O) groups is 1. The fourth-order valence-electron chi connectivity index (χ4n) is 8.75. The van der Waals surface area contributed by atoms with Crippen LogP contribution < -0.4 is 24.8 Å². The fourth-order valence-corrected chi connectivity index (χ4v) is 8.94. The molecule has 3 aliphatic carbocycles. The average Bonchev–Trinajstić information content (AvgIpc) is 3.61. The number of aryl methyl sites for hydroxylation is 1. The Morgan fingerprint density at radius 2 is 1.93 bits per heavy atom. The third-order valence-electron chi connectivity index (χ3n) is 11.0. The molecule has 7 rings (SSSR count). The zero-order valence-corrected chi connectivity index (χ0v) is 27.3. The summed E-state index contributed by atoms with van der Waals surface area (Å²) in [4.78, 5) is 18.2. The first-order chi connectivity index (χ1) is 21.8. The van der Waals surface area contributed by atoms with Crippen molar-refractivity contribution in [2.24, 2.45) is 11.8 Å². The summed E-state index contributed by atoms with van der Waals surface area (Å²) in [5, 5.41) is 7.22. The summed E-state index contributed by atoms with van der Waals surface area (Å²) in [6.45, 7) is 5.55. The van der Waals surface area contributed by atoms with Crippen LogP contribution in [0.5, 0.6) is 17.2 Å². The summed E-state index contributed by atoms with van der Waals surface area (Å²) in [5.74, 6) is 3.97. The van der Waals surface area contributed by atoms with Crippen LogP contribution in [0.1, 0.15) is 87.1 Å². The molecule has 0 bridgehead atoms. The van der Waals surface area contributed by atoms with Crippen molar-refractivity contribution >= 4 is 23.2 Å². The monoisotopic (exact) mass is 629 g/mol. The van der Waals surface area contributed by atoms with E-state index < -0.39 is 5.54 Å². The molecule has 4 aliphatic rings. The van der Waals surface area contributed by atoms with Crippen molar-refractivity contribution < 1.29 is 19.0 Å². The Morgan fingerprint density at radius 3 is 2.71 bits per heavy atom. The second-order valence-electron chi connectivity index (χ2n) is 13.8. The molecule has 45 heavy (non-hydrogen) atoms. The van der Waals surface area contributed by atoms with Gasteiger partial charge in [-0.15, -0.1) is 0 Å². The Hall–Kier alpha value is -3.45. The molecule has 0 unspecified atom stereocenters. The lowest BCUT2D eigenvalue weighted by atomic mass is 9.59. The number of anilines is 1. The molecule has 1 amide bonds. The van der Waals surface area contributed by atoms with Crippen LogP contribution in [0.25, 0.3) is 0 Å². The van der Waals surface area contributed by atoms with E-state index in [4.69, 9.17) is 25.8 Å². The molecule has 0 radical (unpaired) electrons. The minimum Gasteiger partial charge on any atom is -0.493 e. The predicted octanol–water partition coefficient (Wildman–Crippen LogP) is 7.59. The molecule has 238 valence electrons. The first-order valence-electron chi connectivity index (χ1n) is 16.6. The van der Waals surface area contributed by atoms with Crippen LogP contribution in [0.2, 0.25) is 5.02 Å². The normalized spacial score (nSPS) is 27.0. The Kier molecular flexibility index (Phi) is 8.09. The Labute approximate surface area is 271 Å². The summed E-state index contributed by atoms with van der Waals surface area (Å²) >= 11 is 6.32. The van der Waals surface area contributed by atoms with Crippen molar-refractivity contribution in [1.29, 1.82) is 0 Å². The highest BCUT2D eigenvalue weighted by Crippen LogP contribution is 2.58. The summed E-state index contributed by atoms with van der Waals surface area (Å²) in [5.41, 5.74) is 5.34. The van der Waals surface area contributed by atoms with E-state index in [0.29, 0.717) is 29.4 Å². The maximum atomic E-state index is 13.5. The van der Waals surface area contributed by atoms with Gasteiger partial charge in [0.15, 0.2) is 11.5 Å². The predicted molar refractivity (Wildman–Crippen MR) is 177 cm³/mol. The van der Waals surface area contributed by atoms with E-state index in [-0.39, 0.29) is 18.1 Å². The number of aromatic nitrogens is 1. The van der Waals surface area contributed by atoms with Gasteiger partial charge in [-0.05, 0) is 128 Å². The van der Waals surface area contributed by atoms with Crippen molar-refractivity contribution in [2.45, 2.75) is 88.5 Å². The van der Waals surface area contributed by atoms with Crippen LogP contribution in [0.3, 0.4) is 0 Å². The van der Waals surface area contributed by atoms with Crippen molar-refractivity contribution in [3.63, 3.8) is 0 Å². The van der Waals surface area contributed by atoms with Crippen LogP contribution in [-0.2, 0) is 23.1 Å². The van der Waals surface area contributed by atoms with Gasteiger partial charge in [-0.25, -0.2) is 0 Å². The fraction of sp³-hybridized carbons (Fsp3) is 0.514. The van der Waals surface area contributed by atoms with Crippen molar-refractivity contribution in [1.82, 2.24) is 10.3 Å². The second-order valence-corrected chi connectivity index (χ2v) is 14.3. The molecule has 2 heterocycles. The Morgan fingerprint density at radius 1 is 1.13 bits per heavy atom. The van der Waals surface area contributed by atoms with Gasteiger partial charge in [0, 0.05) is 35.2 Å². The Bertz CT molecular complexity index is 1580. The number of pyridine rings is 1. The molecule has 2 N–H and O–H groups in total. The first kappa shape index (κ1) is 30.2. The minimum absolute atomic E-state index is 0.0226. The quantitative estimate of drug-likeness (QED) is 0.267. The number of amides is 1. The van der Waals surface area contributed by atoms with Gasteiger partial charge >= 0.3 is 0 Å². The standard InChI is InChI=1S/C37H44ClN3O4/c1-23(21-43-31-10-15-40-30-9-4-6-24(2)34(30)31)16-26-17-25-18-32-33(45-22-44-32)20-29(25)36(26)11-13-37(14-12-36,35(42)39-3)41-28-8-5-7-27(38)19-28/h5,7-8,10,15,18-20,23-24,26,41H,4,6,9,11-14,16-17,21-22H2,1-3H3,(H,39,42)/t23-,24-,26+,36?,37?/m1/s1. The van der Waals surface area contributed by atoms with Crippen LogP contribution >= 0.6 is 11.6 Å². The van der Waals surface area contributed by atoms with Crippen LogP contribution in [0.4, 0.5) is 5.69 Å². The lowest BCUT2D eigenvalue weighted by molar-refractivity contribution is -0.126. The minimum atomic E-state index is -0.708. The average molecular weight is 630 g/mol. The van der Waals surface area contributed by atoms with Gasteiger partial charge in [0.2, 0.25) is 12.7 Å². The maximum Gasteiger partial charge on any atom is 0.245 e. The molecular formula is C37H44ClN3O4. The van der Waals surface area contributed by atoms with E-state index in [1.807, 2.05) is 36.5 Å². The van der Waals surface area contributed by atoms with E-state index >= 15 is 0 Å². The molecule has 1 aliphatic heterocycles. The highest BCUT2D eigenvalue weighted by atomic mass is 35.5. The summed E-state index contributed by atoms with van der Waals surface area (Å²) in [7, 11) is 1.73. The van der Waals surface area contributed by atoms with Crippen LogP contribution in [-0.4, -0.2) is 36.9 Å². The number of halogens is 1. The summed E-state index contributed by atoms with van der Waals surface area (Å²) in [6.07, 6.45) is 10.6. The molecule has 0 saturated heterocycles. The molecule has 7 nitrogen and oxygen atoms in total. The highest BCUT2D eigenvalue weighted by molar-refractivity contribution is 6.30. The van der Waals surface area contributed by atoms with Crippen LogP contribution in [0, 0.1) is 11.8 Å². The first-order valence-corrected chi connectivity index (χ1v) is 17.0. The van der Waals surface area contributed by atoms with Gasteiger partial charge in [-0.3, -0.25) is 9.78 Å². The number of hydrogen-bond donors (Lipinski definition) is 2. The van der Waals surface area contributed by atoms with E-state index in [0.717, 1.165) is 67.9 Å². The number of hydrogen-bond acceptors (Lipinski definition) is 6. The van der Waals surface area contributed by atoms with Crippen molar-refractivity contribution in [3.8, 4) is 17.2 Å². The smallest absolute Gasteiger partial charge is 0.245 e. The largest absolute Gasteiger partial charge is 0.493 e. The number of benzene rings is 2. The SMILES string of the molecule is CNC(=O)C1(Nc2cccc(Cl)c2)CCC2(CC1)c1cc3c(cc1C[C@@H]2C[C@@H](C)COc1ccnc2c1[C@H](C)CCC2)OCO3. The molecule has 8 heteroatoms. The van der Waals surface area contributed by atoms with Gasteiger partial charge in [-0.1, -0.05) is 31.5 Å². The van der Waals surface area contributed by atoms with E-state index in [1.54, 1.807) is 7.05 Å². The zero-order chi connectivity index (χ0) is 31.2. The van der Waals surface area contributed by atoms with Crippen LogP contribution in [0.15, 0.2) is 48.7 Å². The summed E-state index contributed by atoms with van der Waals surface area (Å²) in [6, 6.07) is 14.1. The molecule has 2 aromatic carbocycles. The molecule has 1 spiro atoms.